The number of rotatable bonds is 3. The van der Waals surface area contributed by atoms with E-state index in [9.17, 15) is 0 Å². The van der Waals surface area contributed by atoms with E-state index in [-0.39, 0.29) is 38.6 Å². The van der Waals surface area contributed by atoms with Crippen molar-refractivity contribution in [1.82, 2.24) is 0 Å². The second-order valence-electron chi connectivity index (χ2n) is 4.06. The van der Waals surface area contributed by atoms with E-state index in [2.05, 4.69) is 24.3 Å². The van der Waals surface area contributed by atoms with Crippen molar-refractivity contribution in [2.24, 2.45) is 5.92 Å². The molecule has 1 atom stereocenters. The van der Waals surface area contributed by atoms with Crippen molar-refractivity contribution in [3.8, 4) is 0 Å². The third-order valence-electron chi connectivity index (χ3n) is 2.94. The Morgan fingerprint density at radius 3 is 2.39 bits per heavy atom. The summed E-state index contributed by atoms with van der Waals surface area (Å²) in [5.41, 5.74) is 1.09. The van der Waals surface area contributed by atoms with Crippen LogP contribution in [-0.4, -0.2) is 0 Å². The van der Waals surface area contributed by atoms with Crippen LogP contribution in [0.2, 0.25) is 10.0 Å². The maximum absolute atomic E-state index is 6.03. The van der Waals surface area contributed by atoms with E-state index in [4.69, 9.17) is 29.8 Å². The first-order chi connectivity index (χ1) is 8.22. The van der Waals surface area contributed by atoms with E-state index in [1.165, 1.54) is 0 Å². The van der Waals surface area contributed by atoms with E-state index in [1.807, 2.05) is 18.2 Å². The van der Waals surface area contributed by atoms with Crippen LogP contribution in [0, 0.1) is 12.5 Å². The smallest absolute Gasteiger partial charge is 0.0595 e. The van der Waals surface area contributed by atoms with Gasteiger partial charge in [0.2, 0.25) is 0 Å². The second kappa shape index (κ2) is 7.65. The summed E-state index contributed by atoms with van der Waals surface area (Å²) >= 11 is 11.9. The quantitative estimate of drug-likeness (QED) is 0.518. The van der Waals surface area contributed by atoms with Gasteiger partial charge in [-0.15, -0.1) is 0 Å². The molecule has 1 aliphatic carbocycles. The molecule has 0 aromatic heterocycles. The second-order valence-corrected chi connectivity index (χ2v) is 4.88. The third kappa shape index (κ3) is 3.81. The molecule has 0 spiro atoms. The molecule has 91 valence electrons. The predicted octanol–water partition coefficient (Wildman–Crippen LogP) is 5.20. The summed E-state index contributed by atoms with van der Waals surface area (Å²) in [5, 5.41) is 1.14. The SMILES string of the molecule is [CH-]=C[C@@H](c1ccc(Cl)c(Cl)c1)C1C=CCC=C1.[Y]. The zero-order chi connectivity index (χ0) is 12.3. The molecular weight excluding hydrogens is 340 g/mol. The van der Waals surface area contributed by atoms with Gasteiger partial charge < -0.3 is 6.58 Å². The normalized spacial score (nSPS) is 16.1. The first-order valence-corrected chi connectivity index (χ1v) is 6.31. The average Bonchev–Trinajstić information content (AvgIpc) is 2.36. The molecule has 1 aromatic carbocycles. The first kappa shape index (κ1) is 16.2. The average molecular weight is 353 g/mol. The van der Waals surface area contributed by atoms with E-state index < -0.39 is 0 Å². The minimum absolute atomic E-state index is 0. The summed E-state index contributed by atoms with van der Waals surface area (Å²) in [6, 6.07) is 5.67. The molecule has 3 heteroatoms. The van der Waals surface area contributed by atoms with Crippen LogP contribution in [-0.2, 0) is 32.7 Å². The van der Waals surface area contributed by atoms with Crippen LogP contribution in [0.15, 0.2) is 48.6 Å². The van der Waals surface area contributed by atoms with Gasteiger partial charge in [-0.05, 0) is 30.0 Å². The number of allylic oxidation sites excluding steroid dienone is 5. The minimum atomic E-state index is 0. The predicted molar refractivity (Wildman–Crippen MR) is 74.5 cm³/mol. The van der Waals surface area contributed by atoms with Crippen molar-refractivity contribution in [3.63, 3.8) is 0 Å². The maximum Gasteiger partial charge on any atom is 0.0595 e. The van der Waals surface area contributed by atoms with Gasteiger partial charge in [-0.2, -0.15) is 0 Å². The number of halogens is 2. The van der Waals surface area contributed by atoms with Crippen molar-refractivity contribution >= 4 is 23.2 Å². The van der Waals surface area contributed by atoms with Crippen LogP contribution in [0.1, 0.15) is 17.9 Å². The van der Waals surface area contributed by atoms with Crippen LogP contribution in [0.4, 0.5) is 0 Å². The van der Waals surface area contributed by atoms with Gasteiger partial charge in [-0.1, -0.05) is 53.6 Å². The zero-order valence-corrected chi connectivity index (χ0v) is 14.2. The molecule has 0 saturated carbocycles. The Bertz CT molecular complexity index is 465. The van der Waals surface area contributed by atoms with Crippen molar-refractivity contribution < 1.29 is 32.7 Å². The summed E-state index contributed by atoms with van der Waals surface area (Å²) in [6.45, 7) is 5.75. The van der Waals surface area contributed by atoms with Crippen LogP contribution in [0.25, 0.3) is 0 Å². The van der Waals surface area contributed by atoms with Crippen molar-refractivity contribution in [2.75, 3.05) is 0 Å². The Kier molecular flexibility index (Phi) is 6.88. The summed E-state index contributed by atoms with van der Waals surface area (Å²) < 4.78 is 0. The first-order valence-electron chi connectivity index (χ1n) is 5.55. The molecule has 0 aliphatic heterocycles. The largest absolute Gasteiger partial charge is 0.517 e. The molecule has 2 rings (SSSR count). The van der Waals surface area contributed by atoms with Gasteiger partial charge in [-0.3, -0.25) is 6.08 Å². The van der Waals surface area contributed by atoms with Gasteiger partial charge >= 0.3 is 0 Å². The van der Waals surface area contributed by atoms with E-state index in [0.29, 0.717) is 16.0 Å². The van der Waals surface area contributed by atoms with Crippen molar-refractivity contribution in [3.05, 3.63) is 70.8 Å². The van der Waals surface area contributed by atoms with Gasteiger partial charge in [0, 0.05) is 38.6 Å². The van der Waals surface area contributed by atoms with Crippen LogP contribution < -0.4 is 0 Å². The Morgan fingerprint density at radius 1 is 1.17 bits per heavy atom. The van der Waals surface area contributed by atoms with Crippen LogP contribution >= 0.6 is 23.2 Å². The van der Waals surface area contributed by atoms with Gasteiger partial charge in [-0.25, -0.2) is 0 Å². The fourth-order valence-electron chi connectivity index (χ4n) is 2.03. The zero-order valence-electron chi connectivity index (χ0n) is 9.89. The molecule has 0 heterocycles. The maximum atomic E-state index is 6.03. The van der Waals surface area contributed by atoms with Gasteiger partial charge in [0.25, 0.3) is 0 Å². The number of benzene rings is 1. The molecule has 18 heavy (non-hydrogen) atoms. The molecule has 0 saturated heterocycles. The summed E-state index contributed by atoms with van der Waals surface area (Å²) in [7, 11) is 0. The Balaban J connectivity index is 0.00000162. The van der Waals surface area contributed by atoms with E-state index >= 15 is 0 Å². The molecule has 1 aliphatic rings. The van der Waals surface area contributed by atoms with Gasteiger partial charge in [0.15, 0.2) is 0 Å². The Morgan fingerprint density at radius 2 is 1.83 bits per heavy atom. The number of hydrogen-bond donors (Lipinski definition) is 0. The molecule has 0 N–H and O–H groups in total. The summed E-state index contributed by atoms with van der Waals surface area (Å²) in [6.07, 6.45) is 11.4. The Labute approximate surface area is 144 Å². The van der Waals surface area contributed by atoms with E-state index in [0.717, 1.165) is 12.0 Å². The van der Waals surface area contributed by atoms with Gasteiger partial charge in [0.05, 0.1) is 10.0 Å². The fourth-order valence-corrected chi connectivity index (χ4v) is 2.34. The van der Waals surface area contributed by atoms with Crippen molar-refractivity contribution in [1.29, 1.82) is 0 Å². The molecule has 0 amide bonds. The van der Waals surface area contributed by atoms with Gasteiger partial charge in [0.1, 0.15) is 0 Å². The Hall–Kier alpha value is 0.124. The standard InChI is InChI=1S/C15H13Cl2.Y/c1-2-13(11-6-4-3-5-7-11)12-8-9-14(16)15(17)10-12;/h1-2,4-11,13H,3H2;/q-1;/t13-;/m1./s1. The summed E-state index contributed by atoms with van der Waals surface area (Å²) in [5.74, 6) is 0.434. The van der Waals surface area contributed by atoms with E-state index in [1.54, 1.807) is 6.08 Å². The minimum Gasteiger partial charge on any atom is -0.517 e. The molecular formula is C15H13Cl2Y-. The number of hydrogen-bond acceptors (Lipinski definition) is 0. The molecule has 0 bridgehead atoms. The molecule has 0 fully saturated rings. The third-order valence-corrected chi connectivity index (χ3v) is 3.68. The molecule has 0 nitrogen and oxygen atoms in total. The topological polar surface area (TPSA) is 0 Å². The molecule has 0 unspecified atom stereocenters. The monoisotopic (exact) mass is 352 g/mol. The molecule has 1 radical (unpaired) electrons. The summed E-state index contributed by atoms with van der Waals surface area (Å²) in [4.78, 5) is 0. The van der Waals surface area contributed by atoms with Crippen LogP contribution in [0.3, 0.4) is 0 Å². The van der Waals surface area contributed by atoms with Crippen LogP contribution in [0.5, 0.6) is 0 Å². The molecule has 1 aromatic rings. The fraction of sp³-hybridized carbons (Fsp3) is 0.200. The van der Waals surface area contributed by atoms with Crippen molar-refractivity contribution in [2.45, 2.75) is 12.3 Å².